The number of likely N-dealkylation sites (N-methyl/N-ethyl adjacent to an activating group) is 1. The van der Waals surface area contributed by atoms with Crippen LogP contribution >= 0.6 is 0 Å². The van der Waals surface area contributed by atoms with E-state index in [0.717, 1.165) is 96.3 Å². The Balaban J connectivity index is 1.47. The molecule has 0 radical (unpaired) electrons. The number of unbranched alkanes of at least 4 members (excludes halogenated alkanes) is 21. The van der Waals surface area contributed by atoms with Crippen molar-refractivity contribution in [1.29, 1.82) is 0 Å². The van der Waals surface area contributed by atoms with E-state index < -0.39 is 6.04 Å². The number of esters is 2. The molecule has 0 heterocycles. The van der Waals surface area contributed by atoms with Crippen molar-refractivity contribution in [2.24, 2.45) is 17.8 Å². The fourth-order valence-electron chi connectivity index (χ4n) is 12.3. The Labute approximate surface area is 437 Å². The summed E-state index contributed by atoms with van der Waals surface area (Å²) >= 11 is 0. The Bertz CT molecular complexity index is 1410. The van der Waals surface area contributed by atoms with Gasteiger partial charge in [-0.05, 0) is 167 Å². The lowest BCUT2D eigenvalue weighted by atomic mass is 9.53. The normalized spacial score (nSPS) is 19.9. The summed E-state index contributed by atoms with van der Waals surface area (Å²) in [5, 5.41) is 3.64. The predicted molar refractivity (Wildman–Crippen MR) is 296 cm³/mol. The van der Waals surface area contributed by atoms with Gasteiger partial charge in [0.15, 0.2) is 0 Å². The summed E-state index contributed by atoms with van der Waals surface area (Å²) in [7, 11) is 4.03. The smallest absolute Gasteiger partial charge is 0.306 e. The van der Waals surface area contributed by atoms with Crippen molar-refractivity contribution >= 4 is 23.8 Å². The van der Waals surface area contributed by atoms with Crippen molar-refractivity contribution in [1.82, 2.24) is 15.1 Å². The number of hydrogen-bond acceptors (Lipinski definition) is 7. The van der Waals surface area contributed by atoms with Crippen molar-refractivity contribution in [2.45, 2.75) is 295 Å². The van der Waals surface area contributed by atoms with Gasteiger partial charge >= 0.3 is 11.9 Å². The molecule has 410 valence electrons. The van der Waals surface area contributed by atoms with Gasteiger partial charge in [0.2, 0.25) is 11.8 Å². The van der Waals surface area contributed by atoms with Crippen molar-refractivity contribution in [3.8, 4) is 0 Å². The fourth-order valence-corrected chi connectivity index (χ4v) is 12.3. The van der Waals surface area contributed by atoms with Crippen molar-refractivity contribution in [2.75, 3.05) is 33.8 Å². The number of rotatable bonds is 46. The van der Waals surface area contributed by atoms with E-state index in [9.17, 15) is 19.2 Å². The summed E-state index contributed by atoms with van der Waals surface area (Å²) in [5.41, 5.74) is -0.140. The van der Waals surface area contributed by atoms with E-state index in [4.69, 9.17) is 9.47 Å². The molecule has 1 atom stereocenters. The van der Waals surface area contributed by atoms with Gasteiger partial charge in [0.25, 0.3) is 0 Å². The largest absolute Gasteiger partial charge is 0.466 e. The summed E-state index contributed by atoms with van der Waals surface area (Å²) in [6.07, 6.45) is 50.9. The Morgan fingerprint density at radius 3 is 1.59 bits per heavy atom. The second kappa shape index (κ2) is 39.7. The molecule has 0 aromatic heterocycles. The molecule has 4 bridgehead atoms. The number of amides is 2. The molecule has 4 aliphatic rings. The van der Waals surface area contributed by atoms with E-state index in [-0.39, 0.29) is 35.4 Å². The molecule has 0 aromatic carbocycles. The zero-order valence-corrected chi connectivity index (χ0v) is 46.9. The number of carbonyl (C=O) groups excluding carboxylic acids is 4. The number of ether oxygens (including phenoxy) is 2. The maximum atomic E-state index is 14.7. The lowest BCUT2D eigenvalue weighted by Gasteiger charge is -2.57. The zero-order chi connectivity index (χ0) is 51.2. The monoisotopic (exact) mass is 994 g/mol. The molecule has 9 nitrogen and oxygen atoms in total. The van der Waals surface area contributed by atoms with E-state index in [1.807, 2.05) is 19.0 Å². The lowest BCUT2D eigenvalue weighted by molar-refractivity contribution is -0.150. The van der Waals surface area contributed by atoms with Crippen LogP contribution in [-0.4, -0.2) is 85.0 Å². The van der Waals surface area contributed by atoms with Gasteiger partial charge in [0.05, 0.1) is 6.61 Å². The lowest BCUT2D eigenvalue weighted by Crippen LogP contribution is -2.63. The average Bonchev–Trinajstić information content (AvgIpc) is 3.33. The molecule has 71 heavy (non-hydrogen) atoms. The first-order valence-electron chi connectivity index (χ1n) is 30.5. The Kier molecular flexibility index (Phi) is 35.0. The molecule has 4 rings (SSSR count). The highest BCUT2D eigenvalue weighted by Crippen LogP contribution is 2.55. The van der Waals surface area contributed by atoms with Crippen LogP contribution in [-0.2, 0) is 28.7 Å². The Morgan fingerprint density at radius 1 is 0.535 bits per heavy atom. The highest BCUT2D eigenvalue weighted by atomic mass is 16.5. The minimum atomic E-state index is -0.550. The molecule has 4 aliphatic carbocycles. The maximum Gasteiger partial charge on any atom is 0.306 e. The van der Waals surface area contributed by atoms with E-state index in [1.54, 1.807) is 0 Å². The summed E-state index contributed by atoms with van der Waals surface area (Å²) in [6.45, 7) is 8.29. The van der Waals surface area contributed by atoms with Crippen LogP contribution in [0.3, 0.4) is 0 Å². The third kappa shape index (κ3) is 29.1. The molecular formula is C62H111N3O6. The molecule has 4 fully saturated rings. The molecule has 0 spiro atoms. The third-order valence-electron chi connectivity index (χ3n) is 16.0. The van der Waals surface area contributed by atoms with Gasteiger partial charge in [-0.1, -0.05) is 148 Å². The second-order valence-electron chi connectivity index (χ2n) is 23.1. The zero-order valence-electron chi connectivity index (χ0n) is 46.9. The molecule has 9 heteroatoms. The second-order valence-corrected chi connectivity index (χ2v) is 23.1. The van der Waals surface area contributed by atoms with E-state index in [1.165, 1.54) is 122 Å². The van der Waals surface area contributed by atoms with Gasteiger partial charge in [-0.3, -0.25) is 19.2 Å². The van der Waals surface area contributed by atoms with Crippen molar-refractivity contribution < 1.29 is 28.7 Å². The van der Waals surface area contributed by atoms with E-state index >= 15 is 0 Å². The van der Waals surface area contributed by atoms with Crippen LogP contribution in [0.5, 0.6) is 0 Å². The first-order valence-corrected chi connectivity index (χ1v) is 30.5. The van der Waals surface area contributed by atoms with Crippen LogP contribution in [0.1, 0.15) is 278 Å². The SMILES string of the molecule is CCCCC/C=C\C/C=C\CCCCCCCC(=O)OCCCCCC(C(=O)NC12CC3CC(CC(C3)C1)C2)N(CCN(C)C)C(=O)CCCCC(=O)OC(CCCCCCCC)CCCCCCCC. The van der Waals surface area contributed by atoms with E-state index in [0.29, 0.717) is 76.0 Å². The molecule has 0 aliphatic heterocycles. The third-order valence-corrected chi connectivity index (χ3v) is 16.0. The quantitative estimate of drug-likeness (QED) is 0.0368. The van der Waals surface area contributed by atoms with Gasteiger partial charge in [-0.15, -0.1) is 0 Å². The molecular weight excluding hydrogens is 883 g/mol. The molecule has 2 amide bonds. The van der Waals surface area contributed by atoms with Crippen molar-refractivity contribution in [3.63, 3.8) is 0 Å². The van der Waals surface area contributed by atoms with Crippen molar-refractivity contribution in [3.05, 3.63) is 24.3 Å². The van der Waals surface area contributed by atoms with Crippen LogP contribution in [0.4, 0.5) is 0 Å². The minimum Gasteiger partial charge on any atom is -0.466 e. The first-order chi connectivity index (χ1) is 34.6. The highest BCUT2D eigenvalue weighted by molar-refractivity contribution is 5.88. The predicted octanol–water partition coefficient (Wildman–Crippen LogP) is 15.7. The number of hydrogen-bond donors (Lipinski definition) is 1. The van der Waals surface area contributed by atoms with E-state index in [2.05, 4.69) is 55.3 Å². The first kappa shape index (κ1) is 62.6. The van der Waals surface area contributed by atoms with Crippen LogP contribution in [0.15, 0.2) is 24.3 Å². The van der Waals surface area contributed by atoms with Crippen LogP contribution in [0.25, 0.3) is 0 Å². The van der Waals surface area contributed by atoms with Crippen LogP contribution in [0, 0.1) is 17.8 Å². The van der Waals surface area contributed by atoms with Crippen LogP contribution < -0.4 is 5.32 Å². The van der Waals surface area contributed by atoms with Gasteiger partial charge in [-0.2, -0.15) is 0 Å². The molecule has 1 N–H and O–H groups in total. The topological polar surface area (TPSA) is 105 Å². The fraction of sp³-hybridized carbons (Fsp3) is 0.871. The summed E-state index contributed by atoms with van der Waals surface area (Å²) < 4.78 is 11.8. The standard InChI is InChI=1S/C62H111N3O6/c1-6-9-12-15-18-19-20-21-22-23-24-25-26-29-34-42-59(67)70-46-37-30-33-40-57(61(69)63-62-50-53-47-54(51-62)49-55(48-53)52-62)65(45-44-64(4)5)58(66)41-35-36-43-60(68)71-56(38-31-27-16-13-10-7-2)39-32-28-17-14-11-8-3/h18-19,21-22,53-57H,6-17,20,23-52H2,1-5H3,(H,63,69)/b19-18-,22-21-. The highest BCUT2D eigenvalue weighted by Gasteiger charge is 2.52. The number of allylic oxidation sites excluding steroid dienone is 4. The Morgan fingerprint density at radius 2 is 1.00 bits per heavy atom. The molecule has 1 unspecified atom stereocenters. The molecule has 4 saturated carbocycles. The summed E-state index contributed by atoms with van der Waals surface area (Å²) in [6, 6.07) is -0.550. The maximum absolute atomic E-state index is 14.7. The Hall–Kier alpha value is -2.68. The van der Waals surface area contributed by atoms with Crippen LogP contribution in [0.2, 0.25) is 0 Å². The number of nitrogens with zero attached hydrogens (tertiary/aromatic N) is 2. The van der Waals surface area contributed by atoms with Gasteiger partial charge in [0.1, 0.15) is 12.1 Å². The van der Waals surface area contributed by atoms with Gasteiger partial charge < -0.3 is 24.6 Å². The molecule has 0 saturated heterocycles. The van der Waals surface area contributed by atoms with Gasteiger partial charge in [-0.25, -0.2) is 0 Å². The van der Waals surface area contributed by atoms with Gasteiger partial charge in [0, 0.05) is 37.9 Å². The number of carbonyl (C=O) groups is 4. The average molecular weight is 995 g/mol. The summed E-state index contributed by atoms with van der Waals surface area (Å²) in [4.78, 5) is 58.7. The summed E-state index contributed by atoms with van der Waals surface area (Å²) in [5.74, 6) is 1.87. The number of nitrogens with one attached hydrogen (secondary N) is 1. The molecule has 0 aromatic rings. The minimum absolute atomic E-state index is 0.00266.